The Labute approximate surface area is 499 Å². The predicted octanol–water partition coefficient (Wildman–Crippen LogP) is 17.9. The van der Waals surface area contributed by atoms with Crippen molar-refractivity contribution in [2.24, 2.45) is 46.3 Å². The van der Waals surface area contributed by atoms with Gasteiger partial charge in [0.25, 0.3) is 0 Å². The van der Waals surface area contributed by atoms with Gasteiger partial charge in [0, 0.05) is 71.0 Å². The number of fused-ring (bicyclic) bond motifs is 5. The number of rotatable bonds is 35. The SMILES string of the molecule is CCCCCCCCN(CCCC(C)[C@H]1CC[C@H]2C3[C@H](OCCC)CC4C[C@H](OCCCN(Cc5ccccc5)Cc5ccccc5)CC[C@]4(C)[C@H]3C[C@H](OCCCN(Cc3ccccc3)Cc3ccccc3)[C@]12C)Cc1ccccc1. The summed E-state index contributed by atoms with van der Waals surface area (Å²) in [6.45, 7) is 24.6. The molecule has 3 unspecified atom stereocenters. The lowest BCUT2D eigenvalue weighted by molar-refractivity contribution is -0.227. The number of benzene rings is 5. The van der Waals surface area contributed by atoms with Crippen LogP contribution in [0.5, 0.6) is 0 Å². The summed E-state index contributed by atoms with van der Waals surface area (Å²) >= 11 is 0. The second-order valence-corrected chi connectivity index (χ2v) is 26.8. The second kappa shape index (κ2) is 32.4. The Kier molecular flexibility index (Phi) is 24.6. The van der Waals surface area contributed by atoms with E-state index in [4.69, 9.17) is 14.2 Å². The zero-order chi connectivity index (χ0) is 56.8. The van der Waals surface area contributed by atoms with Crippen LogP contribution in [-0.4, -0.2) is 79.0 Å². The molecular formula is C76H109N3O3. The molecule has 0 saturated heterocycles. The van der Waals surface area contributed by atoms with Gasteiger partial charge in [0.2, 0.25) is 0 Å². The van der Waals surface area contributed by atoms with Crippen molar-refractivity contribution in [1.29, 1.82) is 0 Å². The minimum Gasteiger partial charge on any atom is -0.378 e. The summed E-state index contributed by atoms with van der Waals surface area (Å²) in [6, 6.07) is 55.4. The Bertz CT molecular complexity index is 2410. The van der Waals surface area contributed by atoms with Crippen molar-refractivity contribution in [3.05, 3.63) is 179 Å². The monoisotopic (exact) mass is 1110 g/mol. The van der Waals surface area contributed by atoms with Crippen LogP contribution in [0.3, 0.4) is 0 Å². The highest BCUT2D eigenvalue weighted by Crippen LogP contribution is 2.69. The minimum absolute atomic E-state index is 0.114. The lowest BCUT2D eigenvalue weighted by Crippen LogP contribution is -2.63. The normalized spacial score (nSPS) is 26.4. The molecule has 0 aromatic heterocycles. The third-order valence-electron chi connectivity index (χ3n) is 21.1. The number of ether oxygens (including phenoxy) is 3. The average molecular weight is 1110 g/mol. The van der Waals surface area contributed by atoms with Crippen molar-refractivity contribution in [3.8, 4) is 0 Å². The number of unbranched alkanes of at least 4 members (excludes halogenated alkanes) is 5. The Hall–Kier alpha value is -4.14. The molecule has 0 spiro atoms. The van der Waals surface area contributed by atoms with Gasteiger partial charge < -0.3 is 14.2 Å². The van der Waals surface area contributed by atoms with Gasteiger partial charge in [0.1, 0.15) is 0 Å². The summed E-state index contributed by atoms with van der Waals surface area (Å²) in [5.74, 6) is 3.69. The molecule has 5 aromatic carbocycles. The van der Waals surface area contributed by atoms with Crippen molar-refractivity contribution < 1.29 is 14.2 Å². The van der Waals surface area contributed by atoms with Crippen LogP contribution in [0.2, 0.25) is 0 Å². The largest absolute Gasteiger partial charge is 0.378 e. The van der Waals surface area contributed by atoms with Crippen molar-refractivity contribution in [2.45, 2.75) is 201 Å². The molecule has 6 nitrogen and oxygen atoms in total. The zero-order valence-corrected chi connectivity index (χ0v) is 51.9. The molecule has 11 atom stereocenters. The molecule has 4 aliphatic rings. The molecule has 4 saturated carbocycles. The van der Waals surface area contributed by atoms with E-state index in [0.717, 1.165) is 91.3 Å². The molecule has 4 fully saturated rings. The Morgan fingerprint density at radius 3 is 1.45 bits per heavy atom. The third kappa shape index (κ3) is 17.3. The Morgan fingerprint density at radius 1 is 0.451 bits per heavy atom. The van der Waals surface area contributed by atoms with E-state index in [1.54, 1.807) is 0 Å². The van der Waals surface area contributed by atoms with Crippen LogP contribution in [-0.2, 0) is 46.9 Å². The third-order valence-corrected chi connectivity index (χ3v) is 21.1. The standard InChI is InChI=1S/C76H109N3O3/c1-6-8-9-10-11-27-46-77(56-62-32-17-12-18-33-62)47-28-31-61(3)69-42-43-70-74-71(55-73(76(69,70)5)82-52-30-49-79(59-65-38-23-15-24-39-65)60-66-40-25-16-26-41-66)75(4)45-44-68(53-67(75)54-72(74)81-50-7-2)80-51-29-48-78(57-63-34-19-13-20-35-63)58-64-36-21-14-22-37-64/h12-26,32-41,61,67-74H,6-11,27-31,42-60H2,1-5H3/t61?,67?,68-,69-,70+,71+,72-,73+,74?,75+,76-/m1/s1. The second-order valence-electron chi connectivity index (χ2n) is 26.8. The molecule has 0 bridgehead atoms. The predicted molar refractivity (Wildman–Crippen MR) is 342 cm³/mol. The summed E-state index contributed by atoms with van der Waals surface area (Å²) in [5, 5.41) is 0. The van der Waals surface area contributed by atoms with Crippen LogP contribution < -0.4 is 0 Å². The zero-order valence-electron chi connectivity index (χ0n) is 51.9. The van der Waals surface area contributed by atoms with Gasteiger partial charge in [-0.15, -0.1) is 0 Å². The van der Waals surface area contributed by atoms with E-state index in [-0.39, 0.29) is 16.9 Å². The first kappa shape index (κ1) is 62.4. The first-order valence-electron chi connectivity index (χ1n) is 33.4. The van der Waals surface area contributed by atoms with E-state index in [1.165, 1.54) is 131 Å². The van der Waals surface area contributed by atoms with Gasteiger partial charge in [0.05, 0.1) is 18.3 Å². The van der Waals surface area contributed by atoms with Crippen LogP contribution in [0.25, 0.3) is 0 Å². The van der Waals surface area contributed by atoms with Gasteiger partial charge in [-0.3, -0.25) is 14.7 Å². The summed E-state index contributed by atoms with van der Waals surface area (Å²) in [5.41, 5.74) is 7.33. The molecule has 446 valence electrons. The lowest BCUT2D eigenvalue weighted by Gasteiger charge is -2.65. The van der Waals surface area contributed by atoms with Crippen molar-refractivity contribution >= 4 is 0 Å². The minimum atomic E-state index is 0.114. The Morgan fingerprint density at radius 2 is 0.927 bits per heavy atom. The van der Waals surface area contributed by atoms with Crippen molar-refractivity contribution in [2.75, 3.05) is 46.0 Å². The van der Waals surface area contributed by atoms with Gasteiger partial charge in [0.15, 0.2) is 0 Å². The molecule has 0 radical (unpaired) electrons. The Balaban J connectivity index is 0.895. The number of hydrogen-bond acceptors (Lipinski definition) is 6. The fourth-order valence-electron chi connectivity index (χ4n) is 16.8. The summed E-state index contributed by atoms with van der Waals surface area (Å²) in [6.07, 6.45) is 23.3. The van der Waals surface area contributed by atoms with E-state index >= 15 is 0 Å². The number of nitrogens with zero attached hydrogens (tertiary/aromatic N) is 3. The van der Waals surface area contributed by atoms with Crippen LogP contribution >= 0.6 is 0 Å². The molecule has 9 rings (SSSR count). The topological polar surface area (TPSA) is 37.4 Å². The fourth-order valence-corrected chi connectivity index (χ4v) is 16.8. The van der Waals surface area contributed by atoms with E-state index in [2.05, 4.69) is 201 Å². The van der Waals surface area contributed by atoms with E-state index in [9.17, 15) is 0 Å². The molecule has 4 aliphatic carbocycles. The molecule has 0 aliphatic heterocycles. The summed E-state index contributed by atoms with van der Waals surface area (Å²) in [4.78, 5) is 8.05. The highest BCUT2D eigenvalue weighted by molar-refractivity contribution is 5.20. The van der Waals surface area contributed by atoms with Crippen LogP contribution in [0.4, 0.5) is 0 Å². The molecule has 5 aromatic rings. The van der Waals surface area contributed by atoms with E-state index < -0.39 is 0 Å². The highest BCUT2D eigenvalue weighted by Gasteiger charge is 2.66. The van der Waals surface area contributed by atoms with Crippen LogP contribution in [0, 0.1) is 46.3 Å². The van der Waals surface area contributed by atoms with Crippen molar-refractivity contribution in [3.63, 3.8) is 0 Å². The van der Waals surface area contributed by atoms with Crippen LogP contribution in [0.15, 0.2) is 152 Å². The summed E-state index contributed by atoms with van der Waals surface area (Å²) < 4.78 is 21.9. The highest BCUT2D eigenvalue weighted by atomic mass is 16.5. The van der Waals surface area contributed by atoms with Gasteiger partial charge in [-0.2, -0.15) is 0 Å². The molecular weight excluding hydrogens is 1000 g/mol. The van der Waals surface area contributed by atoms with Crippen LogP contribution in [0.1, 0.15) is 178 Å². The molecule has 6 heteroatoms. The molecule has 0 N–H and O–H groups in total. The maximum Gasteiger partial charge on any atom is 0.0637 e. The van der Waals surface area contributed by atoms with Gasteiger partial charge in [-0.05, 0) is 165 Å². The van der Waals surface area contributed by atoms with Gasteiger partial charge >= 0.3 is 0 Å². The van der Waals surface area contributed by atoms with E-state index in [0.29, 0.717) is 47.7 Å². The van der Waals surface area contributed by atoms with Gasteiger partial charge in [-0.1, -0.05) is 218 Å². The maximum atomic E-state index is 7.69. The quantitative estimate of drug-likeness (QED) is 0.0377. The molecule has 0 amide bonds. The summed E-state index contributed by atoms with van der Waals surface area (Å²) in [7, 11) is 0. The molecule has 82 heavy (non-hydrogen) atoms. The first-order valence-corrected chi connectivity index (χ1v) is 33.4. The van der Waals surface area contributed by atoms with Gasteiger partial charge in [-0.25, -0.2) is 0 Å². The average Bonchev–Trinajstić information content (AvgIpc) is 2.23. The number of hydrogen-bond donors (Lipinski definition) is 0. The fraction of sp³-hybridized carbons (Fsp3) is 0.605. The van der Waals surface area contributed by atoms with E-state index in [1.807, 2.05) is 0 Å². The molecule has 0 heterocycles. The smallest absolute Gasteiger partial charge is 0.0637 e. The maximum absolute atomic E-state index is 7.69. The first-order chi connectivity index (χ1) is 40.2. The van der Waals surface area contributed by atoms with Crippen molar-refractivity contribution in [1.82, 2.24) is 14.7 Å². The lowest BCUT2D eigenvalue weighted by atomic mass is 9.43.